The van der Waals surface area contributed by atoms with Gasteiger partial charge in [0, 0.05) is 25.6 Å². The lowest BCUT2D eigenvalue weighted by atomic mass is 9.84. The van der Waals surface area contributed by atoms with Gasteiger partial charge in [-0.2, -0.15) is 0 Å². The fourth-order valence-electron chi connectivity index (χ4n) is 3.00. The Bertz CT molecular complexity index is 296. The van der Waals surface area contributed by atoms with Crippen LogP contribution in [0.4, 0.5) is 0 Å². The van der Waals surface area contributed by atoms with Gasteiger partial charge in [-0.05, 0) is 45.4 Å². The zero-order chi connectivity index (χ0) is 13.2. The second-order valence-electron chi connectivity index (χ2n) is 6.41. The van der Waals surface area contributed by atoms with Crippen LogP contribution in [0.2, 0.25) is 0 Å². The zero-order valence-corrected chi connectivity index (χ0v) is 11.7. The second-order valence-corrected chi connectivity index (χ2v) is 6.41. The lowest BCUT2D eigenvalue weighted by Gasteiger charge is -2.39. The summed E-state index contributed by atoms with van der Waals surface area (Å²) in [4.78, 5) is 14.2. The summed E-state index contributed by atoms with van der Waals surface area (Å²) in [5.74, 6) is 0.843. The fraction of sp³-hybridized carbons (Fsp3) is 0.929. The number of hydrogen-bond donors (Lipinski definition) is 1. The molecule has 1 amide bonds. The van der Waals surface area contributed by atoms with Crippen molar-refractivity contribution in [3.63, 3.8) is 0 Å². The topological polar surface area (TPSA) is 55.6 Å². The van der Waals surface area contributed by atoms with Gasteiger partial charge in [-0.1, -0.05) is 0 Å². The molecule has 2 aliphatic rings. The van der Waals surface area contributed by atoms with Gasteiger partial charge in [0.15, 0.2) is 0 Å². The van der Waals surface area contributed by atoms with E-state index in [-0.39, 0.29) is 5.60 Å². The Morgan fingerprint density at radius 3 is 2.61 bits per heavy atom. The summed E-state index contributed by atoms with van der Waals surface area (Å²) in [6, 6.07) is 0.360. The molecule has 0 unspecified atom stereocenters. The maximum Gasteiger partial charge on any atom is 0.223 e. The molecule has 1 saturated heterocycles. The van der Waals surface area contributed by atoms with Crippen molar-refractivity contribution in [3.05, 3.63) is 0 Å². The summed E-state index contributed by atoms with van der Waals surface area (Å²) in [6.45, 7) is 6.22. The molecule has 0 aromatic heterocycles. The van der Waals surface area contributed by atoms with Crippen LogP contribution in [0, 0.1) is 5.92 Å². The van der Waals surface area contributed by atoms with Crippen LogP contribution >= 0.6 is 0 Å². The molecule has 1 saturated carbocycles. The van der Waals surface area contributed by atoms with E-state index in [9.17, 15) is 4.79 Å². The SMILES string of the molecule is CC1(C)CN(C(=O)CC2CCC(N)CC2)CCO1. The highest BCUT2D eigenvalue weighted by atomic mass is 16.5. The van der Waals surface area contributed by atoms with Crippen molar-refractivity contribution in [2.45, 2.75) is 57.6 Å². The van der Waals surface area contributed by atoms with E-state index in [1.54, 1.807) is 0 Å². The highest BCUT2D eigenvalue weighted by molar-refractivity contribution is 5.76. The summed E-state index contributed by atoms with van der Waals surface area (Å²) in [7, 11) is 0. The van der Waals surface area contributed by atoms with Gasteiger partial charge in [-0.15, -0.1) is 0 Å². The summed E-state index contributed by atoms with van der Waals surface area (Å²) in [5.41, 5.74) is 5.70. The fourth-order valence-corrected chi connectivity index (χ4v) is 3.00. The van der Waals surface area contributed by atoms with Crippen molar-refractivity contribution in [3.8, 4) is 0 Å². The molecule has 104 valence electrons. The minimum Gasteiger partial charge on any atom is -0.372 e. The molecule has 0 spiro atoms. The number of carbonyl (C=O) groups is 1. The van der Waals surface area contributed by atoms with E-state index >= 15 is 0 Å². The minimum absolute atomic E-state index is 0.192. The van der Waals surface area contributed by atoms with Crippen LogP contribution in [0.5, 0.6) is 0 Å². The monoisotopic (exact) mass is 254 g/mol. The molecular formula is C14H26N2O2. The number of nitrogens with zero attached hydrogens (tertiary/aromatic N) is 1. The van der Waals surface area contributed by atoms with Crippen LogP contribution in [0.25, 0.3) is 0 Å². The predicted molar refractivity (Wildman–Crippen MR) is 71.2 cm³/mol. The van der Waals surface area contributed by atoms with E-state index in [1.807, 2.05) is 18.7 Å². The van der Waals surface area contributed by atoms with Crippen LogP contribution in [0.1, 0.15) is 46.0 Å². The van der Waals surface area contributed by atoms with Crippen molar-refractivity contribution in [1.82, 2.24) is 4.90 Å². The standard InChI is InChI=1S/C14H26N2O2/c1-14(2)10-16(7-8-18-14)13(17)9-11-3-5-12(15)6-4-11/h11-12H,3-10,15H2,1-2H3. The number of morpholine rings is 1. The first-order valence-electron chi connectivity index (χ1n) is 7.13. The van der Waals surface area contributed by atoms with Crippen molar-refractivity contribution in [2.75, 3.05) is 19.7 Å². The molecule has 2 N–H and O–H groups in total. The molecule has 4 heteroatoms. The van der Waals surface area contributed by atoms with Crippen LogP contribution < -0.4 is 5.73 Å². The van der Waals surface area contributed by atoms with E-state index in [2.05, 4.69) is 0 Å². The molecule has 2 rings (SSSR count). The molecule has 0 atom stereocenters. The molecule has 4 nitrogen and oxygen atoms in total. The Morgan fingerprint density at radius 1 is 1.33 bits per heavy atom. The smallest absolute Gasteiger partial charge is 0.223 e. The maximum atomic E-state index is 12.3. The molecule has 1 aliphatic carbocycles. The Hall–Kier alpha value is -0.610. The highest BCUT2D eigenvalue weighted by Gasteiger charge is 2.31. The second kappa shape index (κ2) is 5.57. The summed E-state index contributed by atoms with van der Waals surface area (Å²) < 4.78 is 5.64. The zero-order valence-electron chi connectivity index (χ0n) is 11.7. The van der Waals surface area contributed by atoms with Gasteiger partial charge >= 0.3 is 0 Å². The van der Waals surface area contributed by atoms with Gasteiger partial charge in [0.1, 0.15) is 0 Å². The molecule has 0 aromatic rings. The van der Waals surface area contributed by atoms with Crippen LogP contribution in [0.3, 0.4) is 0 Å². The molecule has 0 radical (unpaired) electrons. The molecule has 18 heavy (non-hydrogen) atoms. The molecular weight excluding hydrogens is 228 g/mol. The number of rotatable bonds is 2. The third kappa shape index (κ3) is 3.69. The van der Waals surface area contributed by atoms with Crippen molar-refractivity contribution >= 4 is 5.91 Å². The highest BCUT2D eigenvalue weighted by Crippen LogP contribution is 2.27. The summed E-state index contributed by atoms with van der Waals surface area (Å²) in [5, 5.41) is 0. The average Bonchev–Trinajstić information content (AvgIpc) is 2.31. The van der Waals surface area contributed by atoms with Crippen LogP contribution in [-0.4, -0.2) is 42.1 Å². The van der Waals surface area contributed by atoms with Gasteiger partial charge in [0.2, 0.25) is 5.91 Å². The van der Waals surface area contributed by atoms with E-state index in [0.717, 1.165) is 38.8 Å². The number of ether oxygens (including phenoxy) is 1. The Labute approximate surface area is 110 Å². The number of carbonyl (C=O) groups excluding carboxylic acids is 1. The first-order chi connectivity index (χ1) is 8.46. The molecule has 1 heterocycles. The van der Waals surface area contributed by atoms with Crippen LogP contribution in [0.15, 0.2) is 0 Å². The first-order valence-corrected chi connectivity index (χ1v) is 7.13. The Kier molecular flexibility index (Phi) is 4.28. The van der Waals surface area contributed by atoms with E-state index in [1.165, 1.54) is 0 Å². The van der Waals surface area contributed by atoms with Gasteiger partial charge in [0.25, 0.3) is 0 Å². The third-order valence-electron chi connectivity index (χ3n) is 4.13. The lowest BCUT2D eigenvalue weighted by Crippen LogP contribution is -2.50. The third-order valence-corrected chi connectivity index (χ3v) is 4.13. The predicted octanol–water partition coefficient (Wildman–Crippen LogP) is 1.53. The quantitative estimate of drug-likeness (QED) is 0.813. The van der Waals surface area contributed by atoms with E-state index in [4.69, 9.17) is 10.5 Å². The minimum atomic E-state index is -0.192. The number of hydrogen-bond acceptors (Lipinski definition) is 3. The Morgan fingerprint density at radius 2 is 2.00 bits per heavy atom. The largest absolute Gasteiger partial charge is 0.372 e. The van der Waals surface area contributed by atoms with Crippen molar-refractivity contribution < 1.29 is 9.53 Å². The van der Waals surface area contributed by atoms with Crippen LogP contribution in [-0.2, 0) is 9.53 Å². The molecule has 0 bridgehead atoms. The van der Waals surface area contributed by atoms with Gasteiger partial charge in [0.05, 0.1) is 12.2 Å². The van der Waals surface area contributed by atoms with Crippen molar-refractivity contribution in [1.29, 1.82) is 0 Å². The normalized spacial score (nSPS) is 32.3. The van der Waals surface area contributed by atoms with Crippen molar-refractivity contribution in [2.24, 2.45) is 11.7 Å². The van der Waals surface area contributed by atoms with Gasteiger partial charge in [-0.3, -0.25) is 4.79 Å². The maximum absolute atomic E-state index is 12.3. The average molecular weight is 254 g/mol. The lowest BCUT2D eigenvalue weighted by molar-refractivity contribution is -0.147. The van der Waals surface area contributed by atoms with E-state index in [0.29, 0.717) is 30.9 Å². The summed E-state index contributed by atoms with van der Waals surface area (Å²) in [6.07, 6.45) is 5.07. The molecule has 2 fully saturated rings. The number of nitrogens with two attached hydrogens (primary N) is 1. The summed E-state index contributed by atoms with van der Waals surface area (Å²) >= 11 is 0. The van der Waals surface area contributed by atoms with Gasteiger partial charge in [-0.25, -0.2) is 0 Å². The number of amides is 1. The molecule has 0 aromatic carbocycles. The first kappa shape index (κ1) is 13.8. The molecule has 1 aliphatic heterocycles. The Balaban J connectivity index is 1.80. The van der Waals surface area contributed by atoms with Gasteiger partial charge < -0.3 is 15.4 Å². The van der Waals surface area contributed by atoms with E-state index < -0.39 is 0 Å².